The van der Waals surface area contributed by atoms with Crippen LogP contribution in [0.15, 0.2) is 48.5 Å². The van der Waals surface area contributed by atoms with E-state index in [1.54, 1.807) is 11.9 Å². The van der Waals surface area contributed by atoms with Crippen molar-refractivity contribution in [3.05, 3.63) is 54.1 Å². The highest BCUT2D eigenvalue weighted by Crippen LogP contribution is 2.24. The Morgan fingerprint density at radius 3 is 2.33 bits per heavy atom. The van der Waals surface area contributed by atoms with E-state index in [0.717, 1.165) is 22.6 Å². The van der Waals surface area contributed by atoms with Gasteiger partial charge in [0.15, 0.2) is 0 Å². The summed E-state index contributed by atoms with van der Waals surface area (Å²) in [5.41, 5.74) is 3.61. The number of nitrogens with one attached hydrogen (secondary N) is 2. The molecule has 5 nitrogen and oxygen atoms in total. The van der Waals surface area contributed by atoms with E-state index in [1.165, 1.54) is 13.8 Å². The van der Waals surface area contributed by atoms with Crippen molar-refractivity contribution in [2.75, 3.05) is 22.6 Å². The van der Waals surface area contributed by atoms with E-state index in [4.69, 9.17) is 0 Å². The molecule has 1 atom stereocenters. The van der Waals surface area contributed by atoms with Gasteiger partial charge in [0.25, 0.3) is 0 Å². The molecule has 0 unspecified atom stereocenters. The number of hydrogen-bond acceptors (Lipinski definition) is 3. The second kappa shape index (κ2) is 7.64. The van der Waals surface area contributed by atoms with E-state index in [-0.39, 0.29) is 17.9 Å². The predicted octanol–water partition coefficient (Wildman–Crippen LogP) is 3.80. The van der Waals surface area contributed by atoms with E-state index in [0.29, 0.717) is 0 Å². The Morgan fingerprint density at radius 1 is 1.00 bits per heavy atom. The molecular weight excluding hydrogens is 302 g/mol. The predicted molar refractivity (Wildman–Crippen MR) is 98.3 cm³/mol. The van der Waals surface area contributed by atoms with Crippen molar-refractivity contribution in [3.63, 3.8) is 0 Å². The Hall–Kier alpha value is -2.82. The van der Waals surface area contributed by atoms with Crippen LogP contribution in [0.5, 0.6) is 0 Å². The number of carbonyl (C=O) groups is 2. The second-order valence-electron chi connectivity index (χ2n) is 5.80. The molecule has 2 aromatic carbocycles. The summed E-state index contributed by atoms with van der Waals surface area (Å²) in [6.07, 6.45) is 0. The third kappa shape index (κ3) is 4.59. The minimum absolute atomic E-state index is 0.0109. The summed E-state index contributed by atoms with van der Waals surface area (Å²) >= 11 is 0. The van der Waals surface area contributed by atoms with Crippen LogP contribution in [0.1, 0.15) is 32.4 Å². The zero-order valence-electron chi connectivity index (χ0n) is 14.5. The molecule has 0 aliphatic heterocycles. The van der Waals surface area contributed by atoms with E-state index >= 15 is 0 Å². The minimum Gasteiger partial charge on any atom is -0.378 e. The Morgan fingerprint density at radius 2 is 1.67 bits per heavy atom. The first-order valence-electron chi connectivity index (χ1n) is 7.85. The van der Waals surface area contributed by atoms with Gasteiger partial charge in [-0.15, -0.1) is 0 Å². The number of carbonyl (C=O) groups excluding carboxylic acids is 2. The molecule has 0 saturated heterocycles. The number of rotatable bonds is 5. The van der Waals surface area contributed by atoms with E-state index < -0.39 is 0 Å². The quantitative estimate of drug-likeness (QED) is 0.879. The van der Waals surface area contributed by atoms with Gasteiger partial charge in [-0.2, -0.15) is 0 Å². The van der Waals surface area contributed by atoms with Crippen LogP contribution in [-0.4, -0.2) is 18.9 Å². The van der Waals surface area contributed by atoms with Crippen LogP contribution >= 0.6 is 0 Å². The van der Waals surface area contributed by atoms with Crippen molar-refractivity contribution >= 4 is 28.9 Å². The number of benzene rings is 2. The smallest absolute Gasteiger partial charge is 0.223 e. The lowest BCUT2D eigenvalue weighted by Gasteiger charge is -2.20. The van der Waals surface area contributed by atoms with Gasteiger partial charge in [-0.05, 0) is 42.8 Å². The summed E-state index contributed by atoms with van der Waals surface area (Å²) < 4.78 is 0. The fourth-order valence-corrected chi connectivity index (χ4v) is 2.41. The summed E-state index contributed by atoms with van der Waals surface area (Å²) in [6.45, 7) is 5.08. The van der Waals surface area contributed by atoms with E-state index in [1.807, 2.05) is 55.5 Å². The molecule has 0 spiro atoms. The van der Waals surface area contributed by atoms with Crippen LogP contribution in [0, 0.1) is 0 Å². The molecule has 2 aromatic rings. The third-order valence-electron chi connectivity index (χ3n) is 3.80. The topological polar surface area (TPSA) is 61.4 Å². The molecule has 0 heterocycles. The fraction of sp³-hybridized carbons (Fsp3) is 0.263. The van der Waals surface area contributed by atoms with Gasteiger partial charge >= 0.3 is 0 Å². The zero-order valence-corrected chi connectivity index (χ0v) is 14.5. The molecule has 0 saturated carbocycles. The normalized spacial score (nSPS) is 11.5. The van der Waals surface area contributed by atoms with Crippen molar-refractivity contribution in [1.82, 2.24) is 0 Å². The molecule has 0 aliphatic carbocycles. The molecule has 0 fully saturated rings. The van der Waals surface area contributed by atoms with Crippen molar-refractivity contribution < 1.29 is 9.59 Å². The van der Waals surface area contributed by atoms with Crippen LogP contribution in [0.2, 0.25) is 0 Å². The fourth-order valence-electron chi connectivity index (χ4n) is 2.41. The highest BCUT2D eigenvalue weighted by atomic mass is 16.2. The van der Waals surface area contributed by atoms with Crippen molar-refractivity contribution in [2.24, 2.45) is 0 Å². The Balaban J connectivity index is 2.15. The maximum Gasteiger partial charge on any atom is 0.223 e. The molecule has 5 heteroatoms. The number of nitrogens with zero attached hydrogens (tertiary/aromatic N) is 1. The van der Waals surface area contributed by atoms with Crippen LogP contribution < -0.4 is 15.5 Å². The zero-order chi connectivity index (χ0) is 17.7. The first-order chi connectivity index (χ1) is 11.4. The van der Waals surface area contributed by atoms with Gasteiger partial charge < -0.3 is 15.5 Å². The van der Waals surface area contributed by atoms with Crippen molar-refractivity contribution in [3.8, 4) is 0 Å². The summed E-state index contributed by atoms with van der Waals surface area (Å²) in [7, 11) is 1.75. The van der Waals surface area contributed by atoms with E-state index in [2.05, 4.69) is 10.6 Å². The third-order valence-corrected chi connectivity index (χ3v) is 3.80. The Bertz CT molecular complexity index is 743. The number of amides is 2. The summed E-state index contributed by atoms with van der Waals surface area (Å²) in [4.78, 5) is 24.3. The lowest BCUT2D eigenvalue weighted by molar-refractivity contribution is -0.116. The van der Waals surface area contributed by atoms with Crippen LogP contribution in [-0.2, 0) is 9.59 Å². The second-order valence-corrected chi connectivity index (χ2v) is 5.80. The molecule has 126 valence electrons. The molecule has 0 radical (unpaired) electrons. The van der Waals surface area contributed by atoms with Gasteiger partial charge in [0.05, 0.1) is 0 Å². The van der Waals surface area contributed by atoms with Crippen LogP contribution in [0.4, 0.5) is 17.1 Å². The molecular formula is C19H23N3O2. The van der Waals surface area contributed by atoms with Crippen LogP contribution in [0.25, 0.3) is 0 Å². The number of hydrogen-bond donors (Lipinski definition) is 2. The highest BCUT2D eigenvalue weighted by molar-refractivity contribution is 5.91. The lowest BCUT2D eigenvalue weighted by Crippen LogP contribution is -2.22. The van der Waals surface area contributed by atoms with Gasteiger partial charge in [0, 0.05) is 44.0 Å². The SMILES string of the molecule is CC(=O)Nc1cccc([C@@H](C)Nc2cccc(N(C)C(C)=O)c2)c1. The summed E-state index contributed by atoms with van der Waals surface area (Å²) in [5.74, 6) is -0.101. The largest absolute Gasteiger partial charge is 0.378 e. The standard InChI is InChI=1S/C19H23N3O2/c1-13(16-7-5-8-17(11-16)21-14(2)23)20-18-9-6-10-19(12-18)22(4)15(3)24/h5-13,20H,1-4H3,(H,21,23)/t13-/m1/s1. The van der Waals surface area contributed by atoms with Gasteiger partial charge in [0.1, 0.15) is 0 Å². The summed E-state index contributed by atoms with van der Waals surface area (Å²) in [5, 5.41) is 6.21. The molecule has 2 rings (SSSR count). The van der Waals surface area contributed by atoms with E-state index in [9.17, 15) is 9.59 Å². The first-order valence-corrected chi connectivity index (χ1v) is 7.85. The Labute approximate surface area is 142 Å². The highest BCUT2D eigenvalue weighted by Gasteiger charge is 2.09. The average Bonchev–Trinajstić information content (AvgIpc) is 2.54. The molecule has 24 heavy (non-hydrogen) atoms. The number of anilines is 3. The molecule has 0 aliphatic rings. The maximum atomic E-state index is 11.5. The van der Waals surface area contributed by atoms with Gasteiger partial charge in [-0.25, -0.2) is 0 Å². The average molecular weight is 325 g/mol. The first kappa shape index (κ1) is 17.5. The van der Waals surface area contributed by atoms with Crippen molar-refractivity contribution in [1.29, 1.82) is 0 Å². The van der Waals surface area contributed by atoms with Gasteiger partial charge in [-0.1, -0.05) is 18.2 Å². The molecule has 2 amide bonds. The molecule has 0 aromatic heterocycles. The summed E-state index contributed by atoms with van der Waals surface area (Å²) in [6, 6.07) is 15.5. The van der Waals surface area contributed by atoms with Gasteiger partial charge in [0.2, 0.25) is 11.8 Å². The Kier molecular flexibility index (Phi) is 5.58. The molecule has 2 N–H and O–H groups in total. The lowest BCUT2D eigenvalue weighted by atomic mass is 10.1. The maximum absolute atomic E-state index is 11.5. The van der Waals surface area contributed by atoms with Gasteiger partial charge in [-0.3, -0.25) is 9.59 Å². The molecule has 0 bridgehead atoms. The van der Waals surface area contributed by atoms with Crippen molar-refractivity contribution in [2.45, 2.75) is 26.8 Å². The van der Waals surface area contributed by atoms with Crippen LogP contribution in [0.3, 0.4) is 0 Å². The monoisotopic (exact) mass is 325 g/mol. The minimum atomic E-state index is -0.0901.